The van der Waals surface area contributed by atoms with Crippen LogP contribution in [0, 0.1) is 6.61 Å². The Morgan fingerprint density at radius 1 is 1.42 bits per heavy atom. The van der Waals surface area contributed by atoms with E-state index in [2.05, 4.69) is 0 Å². The number of nitrogens with zero attached hydrogens (tertiary/aromatic N) is 1. The molecule has 1 fully saturated rings. The first-order valence-corrected chi connectivity index (χ1v) is 5.84. The molecule has 0 aliphatic carbocycles. The number of hydrogen-bond donors (Lipinski definition) is 0. The van der Waals surface area contributed by atoms with E-state index in [1.807, 2.05) is 27.7 Å². The van der Waals surface area contributed by atoms with Gasteiger partial charge in [-0.25, -0.2) is 4.79 Å². The summed E-state index contributed by atoms with van der Waals surface area (Å²) < 4.78 is 15.8. The zero-order valence-corrected chi connectivity index (χ0v) is 12.1. The fraction of sp³-hybridized carbons (Fsp3) is 0.538. The first kappa shape index (κ1) is 16.0. The normalized spacial score (nSPS) is 19.7. The van der Waals surface area contributed by atoms with Crippen molar-refractivity contribution in [2.45, 2.75) is 39.0 Å². The van der Waals surface area contributed by atoms with Gasteiger partial charge in [-0.1, -0.05) is 0 Å². The van der Waals surface area contributed by atoms with Gasteiger partial charge in [0.2, 0.25) is 0 Å². The summed E-state index contributed by atoms with van der Waals surface area (Å²) in [7, 11) is 0. The standard InChI is InChI=1S/C13H18NO4.Li/c1-12(2)9-18-13(3,4)14(12)11(15)17-8-10-6-5-7-16-10;/h5-8H,9H2,1-4H3;/q-1;+1. The second kappa shape index (κ2) is 5.54. The van der Waals surface area contributed by atoms with Gasteiger partial charge >= 0.3 is 25.0 Å². The number of furan rings is 1. The van der Waals surface area contributed by atoms with Crippen LogP contribution in [0.4, 0.5) is 4.79 Å². The topological polar surface area (TPSA) is 51.9 Å². The van der Waals surface area contributed by atoms with E-state index in [1.54, 1.807) is 17.0 Å². The number of rotatable bonds is 2. The summed E-state index contributed by atoms with van der Waals surface area (Å²) in [4.78, 5) is 13.7. The molecule has 1 amide bonds. The van der Waals surface area contributed by atoms with Crippen LogP contribution in [0.25, 0.3) is 0 Å². The number of amides is 1. The Kier molecular flexibility index (Phi) is 4.67. The maximum Gasteiger partial charge on any atom is 1.00 e. The largest absolute Gasteiger partial charge is 1.00 e. The quantitative estimate of drug-likeness (QED) is 0.544. The first-order valence-electron chi connectivity index (χ1n) is 5.84. The van der Waals surface area contributed by atoms with E-state index in [9.17, 15) is 4.79 Å². The van der Waals surface area contributed by atoms with Crippen molar-refractivity contribution in [1.29, 1.82) is 0 Å². The Labute approximate surface area is 125 Å². The summed E-state index contributed by atoms with van der Waals surface area (Å²) in [5.74, 6) is 0.499. The van der Waals surface area contributed by atoms with Gasteiger partial charge in [-0.2, -0.15) is 6.07 Å². The summed E-state index contributed by atoms with van der Waals surface area (Å²) in [5, 5.41) is 0. The van der Waals surface area contributed by atoms with Crippen molar-refractivity contribution in [3.8, 4) is 0 Å². The van der Waals surface area contributed by atoms with Gasteiger partial charge in [-0.05, 0) is 34.3 Å². The summed E-state index contributed by atoms with van der Waals surface area (Å²) in [6.45, 7) is 9.35. The number of ether oxygens (including phenoxy) is 2. The fourth-order valence-corrected chi connectivity index (χ4v) is 2.20. The van der Waals surface area contributed by atoms with Gasteiger partial charge in [-0.3, -0.25) is 4.90 Å². The molecule has 5 nitrogen and oxygen atoms in total. The van der Waals surface area contributed by atoms with E-state index in [0.717, 1.165) is 0 Å². The molecule has 2 rings (SSSR count). The summed E-state index contributed by atoms with van der Waals surface area (Å²) in [6.07, 6.45) is 1.07. The number of carbonyl (C=O) groups excluding carboxylic acids is 1. The smallest absolute Gasteiger partial charge is 0.508 e. The van der Waals surface area contributed by atoms with Crippen LogP contribution in [0.5, 0.6) is 0 Å². The molecule has 0 saturated carbocycles. The van der Waals surface area contributed by atoms with E-state index < -0.39 is 17.4 Å². The maximum absolute atomic E-state index is 12.1. The zero-order chi connectivity index (χ0) is 13.4. The monoisotopic (exact) mass is 259 g/mol. The van der Waals surface area contributed by atoms with Gasteiger partial charge in [0.15, 0.2) is 0 Å². The van der Waals surface area contributed by atoms with Crippen LogP contribution in [0.2, 0.25) is 0 Å². The van der Waals surface area contributed by atoms with Gasteiger partial charge in [0.1, 0.15) is 5.72 Å². The maximum atomic E-state index is 12.1. The predicted octanol–water partition coefficient (Wildman–Crippen LogP) is -0.223. The van der Waals surface area contributed by atoms with Gasteiger partial charge in [0.25, 0.3) is 0 Å². The van der Waals surface area contributed by atoms with Crippen LogP contribution >= 0.6 is 0 Å². The van der Waals surface area contributed by atoms with Crippen LogP contribution in [0.3, 0.4) is 0 Å². The molecule has 0 atom stereocenters. The molecular formula is C13H18LiNO4. The third kappa shape index (κ3) is 3.30. The molecule has 19 heavy (non-hydrogen) atoms. The van der Waals surface area contributed by atoms with Gasteiger partial charge < -0.3 is 13.9 Å². The summed E-state index contributed by atoms with van der Waals surface area (Å²) >= 11 is 0. The Hall–Kier alpha value is -1.02. The number of carbonyl (C=O) groups is 1. The molecule has 0 spiro atoms. The van der Waals surface area contributed by atoms with Crippen LogP contribution in [0.1, 0.15) is 33.5 Å². The molecule has 1 aromatic rings. The van der Waals surface area contributed by atoms with Crippen molar-refractivity contribution >= 4 is 6.09 Å². The first-order chi connectivity index (χ1) is 8.33. The Balaban J connectivity index is 0.00000180. The Morgan fingerprint density at radius 2 is 2.11 bits per heavy atom. The molecule has 0 unspecified atom stereocenters. The molecule has 0 aromatic carbocycles. The zero-order valence-electron chi connectivity index (χ0n) is 12.1. The average Bonchev–Trinajstić information content (AvgIpc) is 2.82. The van der Waals surface area contributed by atoms with E-state index in [4.69, 9.17) is 13.9 Å². The van der Waals surface area contributed by atoms with Crippen molar-refractivity contribution < 1.29 is 37.5 Å². The van der Waals surface area contributed by atoms with Crippen LogP contribution in [0.15, 0.2) is 22.8 Å². The SMILES string of the molecule is CC1(C)COC(C)(C)N1C(=O)O[CH-]c1ccco1.[Li+]. The van der Waals surface area contributed by atoms with Gasteiger partial charge in [-0.15, -0.1) is 6.07 Å². The Morgan fingerprint density at radius 3 is 2.58 bits per heavy atom. The van der Waals surface area contributed by atoms with Gasteiger partial charge in [0.05, 0.1) is 18.4 Å². The molecule has 0 radical (unpaired) electrons. The van der Waals surface area contributed by atoms with Crippen molar-refractivity contribution in [2.24, 2.45) is 0 Å². The molecule has 1 aliphatic rings. The fourth-order valence-electron chi connectivity index (χ4n) is 2.20. The molecule has 1 saturated heterocycles. The second-order valence-corrected chi connectivity index (χ2v) is 5.40. The van der Waals surface area contributed by atoms with Gasteiger partial charge in [0, 0.05) is 5.76 Å². The van der Waals surface area contributed by atoms with E-state index in [-0.39, 0.29) is 18.9 Å². The summed E-state index contributed by atoms with van der Waals surface area (Å²) in [6, 6.07) is 3.44. The Bertz CT molecular complexity index is 412. The van der Waals surface area contributed by atoms with Crippen molar-refractivity contribution in [1.82, 2.24) is 4.90 Å². The molecule has 1 aliphatic heterocycles. The predicted molar refractivity (Wildman–Crippen MR) is 64.5 cm³/mol. The molecular weight excluding hydrogens is 241 g/mol. The molecule has 0 bridgehead atoms. The van der Waals surface area contributed by atoms with Crippen molar-refractivity contribution in [2.75, 3.05) is 6.61 Å². The van der Waals surface area contributed by atoms with Crippen LogP contribution < -0.4 is 18.9 Å². The molecule has 2 heterocycles. The number of hydrogen-bond acceptors (Lipinski definition) is 4. The van der Waals surface area contributed by atoms with Crippen molar-refractivity contribution in [3.63, 3.8) is 0 Å². The minimum Gasteiger partial charge on any atom is -0.508 e. The molecule has 1 aromatic heterocycles. The average molecular weight is 259 g/mol. The minimum absolute atomic E-state index is 0. The molecule has 100 valence electrons. The minimum atomic E-state index is -0.669. The van der Waals surface area contributed by atoms with E-state index >= 15 is 0 Å². The third-order valence-electron chi connectivity index (χ3n) is 2.92. The second-order valence-electron chi connectivity index (χ2n) is 5.40. The third-order valence-corrected chi connectivity index (χ3v) is 2.92. The molecule has 6 heteroatoms. The van der Waals surface area contributed by atoms with Crippen LogP contribution in [-0.2, 0) is 9.47 Å². The van der Waals surface area contributed by atoms with E-state index in [1.165, 1.54) is 12.9 Å². The van der Waals surface area contributed by atoms with Crippen LogP contribution in [-0.4, -0.2) is 28.9 Å². The summed E-state index contributed by atoms with van der Waals surface area (Å²) in [5.41, 5.74) is -1.06. The molecule has 0 N–H and O–H groups in total. The van der Waals surface area contributed by atoms with Crippen molar-refractivity contribution in [3.05, 3.63) is 30.8 Å². The van der Waals surface area contributed by atoms with E-state index in [0.29, 0.717) is 12.4 Å².